The first-order valence-corrected chi connectivity index (χ1v) is 7.47. The maximum Gasteiger partial charge on any atom is 0.334 e. The summed E-state index contributed by atoms with van der Waals surface area (Å²) in [5.74, 6) is 0.222. The number of carbonyl (C=O) groups excluding carboxylic acids is 2. The molecule has 0 unspecified atom stereocenters. The number of primary amides is 1. The highest BCUT2D eigenvalue weighted by molar-refractivity contribution is 6.07. The summed E-state index contributed by atoms with van der Waals surface area (Å²) in [6.45, 7) is 0. The van der Waals surface area contributed by atoms with Gasteiger partial charge in [-0.25, -0.2) is 24.8 Å². The van der Waals surface area contributed by atoms with E-state index in [1.54, 1.807) is 12.2 Å². The summed E-state index contributed by atoms with van der Waals surface area (Å²) in [5, 5.41) is 10.1. The van der Waals surface area contributed by atoms with Crippen molar-refractivity contribution in [3.63, 3.8) is 0 Å². The summed E-state index contributed by atoms with van der Waals surface area (Å²) in [4.78, 5) is 22.1. The molecule has 0 radical (unpaired) electrons. The molecule has 5 N–H and O–H groups in total. The van der Waals surface area contributed by atoms with Gasteiger partial charge in [0.1, 0.15) is 17.3 Å². The molecule has 2 rings (SSSR count). The molecule has 9 nitrogen and oxygen atoms in total. The highest BCUT2D eigenvalue weighted by Gasteiger charge is 2.18. The normalized spacial score (nSPS) is 15.2. The molecule has 1 aromatic rings. The Bertz CT molecular complexity index is 799. The number of ether oxygens (including phenoxy) is 1. The molecule has 0 spiro atoms. The average Bonchev–Trinajstić information content (AvgIpc) is 2.63. The summed E-state index contributed by atoms with van der Waals surface area (Å²) in [5.41, 5.74) is 10.3. The minimum atomic E-state index is -0.829. The van der Waals surface area contributed by atoms with Crippen LogP contribution in [0.15, 0.2) is 58.0 Å². The molecule has 136 valence electrons. The number of benzene rings is 1. The molecular weight excluding hydrogens is 343 g/mol. The van der Waals surface area contributed by atoms with Crippen LogP contribution in [0, 0.1) is 5.82 Å². The SMILES string of the molecule is CNC(=O)NN=CC1=C(Oc2ccc(F)cc2)C(=NNC(N)=O)CC=C1. The van der Waals surface area contributed by atoms with Gasteiger partial charge in [0.05, 0.1) is 6.21 Å². The van der Waals surface area contributed by atoms with Crippen LogP contribution in [-0.4, -0.2) is 31.0 Å². The number of urea groups is 2. The van der Waals surface area contributed by atoms with E-state index in [2.05, 4.69) is 26.4 Å². The lowest BCUT2D eigenvalue weighted by Crippen LogP contribution is -2.29. The van der Waals surface area contributed by atoms with Gasteiger partial charge in [-0.05, 0) is 24.3 Å². The molecule has 1 aromatic carbocycles. The number of hydrogen-bond donors (Lipinski definition) is 4. The first-order valence-electron chi connectivity index (χ1n) is 7.47. The second-order valence-electron chi connectivity index (χ2n) is 4.93. The number of hydrogen-bond acceptors (Lipinski definition) is 5. The number of nitrogens with zero attached hydrogens (tertiary/aromatic N) is 2. The molecule has 26 heavy (non-hydrogen) atoms. The molecule has 0 fully saturated rings. The highest BCUT2D eigenvalue weighted by atomic mass is 19.1. The van der Waals surface area contributed by atoms with Crippen molar-refractivity contribution in [1.82, 2.24) is 16.2 Å². The van der Waals surface area contributed by atoms with Crippen molar-refractivity contribution in [1.29, 1.82) is 0 Å². The third-order valence-corrected chi connectivity index (χ3v) is 3.06. The fraction of sp³-hybridized carbons (Fsp3) is 0.125. The van der Waals surface area contributed by atoms with E-state index in [1.807, 2.05) is 0 Å². The Labute approximate surface area is 148 Å². The van der Waals surface area contributed by atoms with E-state index in [0.29, 0.717) is 23.5 Å². The van der Waals surface area contributed by atoms with Gasteiger partial charge in [-0.3, -0.25) is 0 Å². The van der Waals surface area contributed by atoms with Crippen LogP contribution >= 0.6 is 0 Å². The maximum absolute atomic E-state index is 13.1. The van der Waals surface area contributed by atoms with Crippen LogP contribution in [0.25, 0.3) is 0 Å². The van der Waals surface area contributed by atoms with E-state index < -0.39 is 17.9 Å². The average molecular weight is 360 g/mol. The van der Waals surface area contributed by atoms with Crippen molar-refractivity contribution in [2.75, 3.05) is 7.05 Å². The minimum Gasteiger partial charge on any atom is -0.455 e. The predicted octanol–water partition coefficient (Wildman–Crippen LogP) is 1.36. The molecule has 1 aliphatic rings. The zero-order valence-corrected chi connectivity index (χ0v) is 13.8. The van der Waals surface area contributed by atoms with Crippen LogP contribution in [-0.2, 0) is 0 Å². The highest BCUT2D eigenvalue weighted by Crippen LogP contribution is 2.21. The van der Waals surface area contributed by atoms with Gasteiger partial charge in [0.2, 0.25) is 0 Å². The molecule has 0 saturated carbocycles. The Kier molecular flexibility index (Phi) is 6.43. The zero-order valence-electron chi connectivity index (χ0n) is 13.8. The van der Waals surface area contributed by atoms with E-state index in [9.17, 15) is 14.0 Å². The number of halogens is 1. The Balaban J connectivity index is 2.33. The van der Waals surface area contributed by atoms with E-state index in [1.165, 1.54) is 37.5 Å². The lowest BCUT2D eigenvalue weighted by Gasteiger charge is -2.17. The summed E-state index contributed by atoms with van der Waals surface area (Å²) < 4.78 is 18.8. The lowest BCUT2D eigenvalue weighted by atomic mass is 10.0. The summed E-state index contributed by atoms with van der Waals surface area (Å²) >= 11 is 0. The van der Waals surface area contributed by atoms with Crippen LogP contribution in [0.5, 0.6) is 5.75 Å². The topological polar surface area (TPSA) is 130 Å². The predicted molar refractivity (Wildman–Crippen MR) is 94.0 cm³/mol. The molecule has 4 amide bonds. The fourth-order valence-corrected chi connectivity index (χ4v) is 1.91. The molecule has 0 aromatic heterocycles. The quantitative estimate of drug-likeness (QED) is 0.467. The second-order valence-corrected chi connectivity index (χ2v) is 4.93. The number of rotatable bonds is 5. The van der Waals surface area contributed by atoms with Crippen molar-refractivity contribution in [3.8, 4) is 5.75 Å². The molecule has 0 atom stereocenters. The second kappa shape index (κ2) is 8.97. The van der Waals surface area contributed by atoms with Crippen LogP contribution in [0.2, 0.25) is 0 Å². The number of hydrazone groups is 2. The van der Waals surface area contributed by atoms with E-state index >= 15 is 0 Å². The maximum atomic E-state index is 13.1. The molecule has 1 aliphatic carbocycles. The molecule has 0 saturated heterocycles. The van der Waals surface area contributed by atoms with Gasteiger partial charge in [-0.2, -0.15) is 10.2 Å². The van der Waals surface area contributed by atoms with E-state index in [0.717, 1.165) is 0 Å². The monoisotopic (exact) mass is 360 g/mol. The minimum absolute atomic E-state index is 0.273. The zero-order chi connectivity index (χ0) is 18.9. The number of nitrogens with one attached hydrogen (secondary N) is 3. The van der Waals surface area contributed by atoms with Gasteiger partial charge >= 0.3 is 12.1 Å². The Morgan fingerprint density at radius 1 is 1.27 bits per heavy atom. The number of carbonyl (C=O) groups is 2. The summed E-state index contributed by atoms with van der Waals surface area (Å²) in [7, 11) is 1.45. The Hall–Kier alpha value is -3.69. The molecule has 10 heteroatoms. The molecule has 0 bridgehead atoms. The van der Waals surface area contributed by atoms with Gasteiger partial charge in [0, 0.05) is 19.0 Å². The number of nitrogens with two attached hydrogens (primary N) is 1. The Morgan fingerprint density at radius 2 is 2.00 bits per heavy atom. The first kappa shape index (κ1) is 18.6. The van der Waals surface area contributed by atoms with Crippen LogP contribution < -0.4 is 26.6 Å². The van der Waals surface area contributed by atoms with Crippen LogP contribution in [0.4, 0.5) is 14.0 Å². The smallest absolute Gasteiger partial charge is 0.334 e. The van der Waals surface area contributed by atoms with Crippen LogP contribution in [0.3, 0.4) is 0 Å². The van der Waals surface area contributed by atoms with Crippen molar-refractivity contribution >= 4 is 24.0 Å². The Morgan fingerprint density at radius 3 is 2.65 bits per heavy atom. The molecule has 0 heterocycles. The van der Waals surface area contributed by atoms with Gasteiger partial charge < -0.3 is 15.8 Å². The van der Waals surface area contributed by atoms with Crippen molar-refractivity contribution < 1.29 is 18.7 Å². The molecule has 0 aliphatic heterocycles. The fourth-order valence-electron chi connectivity index (χ4n) is 1.91. The first-order chi connectivity index (χ1) is 12.5. The van der Waals surface area contributed by atoms with Gasteiger partial charge in [-0.1, -0.05) is 12.2 Å². The van der Waals surface area contributed by atoms with E-state index in [4.69, 9.17) is 10.5 Å². The van der Waals surface area contributed by atoms with Crippen molar-refractivity contribution in [3.05, 3.63) is 53.6 Å². The van der Waals surface area contributed by atoms with Crippen molar-refractivity contribution in [2.24, 2.45) is 15.9 Å². The standard InChI is InChI=1S/C16H17FN6O3/c1-19-16(25)23-20-9-10-3-2-4-13(21-22-15(18)24)14(10)26-12-7-5-11(17)6-8-12/h2-3,5-9H,4H2,1H3,(H3,18,22,24)(H2,19,23,25). The van der Waals surface area contributed by atoms with Crippen molar-refractivity contribution in [2.45, 2.75) is 6.42 Å². The van der Waals surface area contributed by atoms with Crippen LogP contribution in [0.1, 0.15) is 6.42 Å². The van der Waals surface area contributed by atoms with E-state index in [-0.39, 0.29) is 5.76 Å². The van der Waals surface area contributed by atoms with Gasteiger partial charge in [-0.15, -0.1) is 0 Å². The lowest BCUT2D eigenvalue weighted by molar-refractivity contribution is 0.243. The summed E-state index contributed by atoms with van der Waals surface area (Å²) in [6, 6.07) is 4.05. The molecular formula is C16H17FN6O3. The third-order valence-electron chi connectivity index (χ3n) is 3.06. The van der Waals surface area contributed by atoms with Gasteiger partial charge in [0.25, 0.3) is 0 Å². The number of allylic oxidation sites excluding steroid dienone is 4. The number of amides is 4. The summed E-state index contributed by atoms with van der Waals surface area (Å²) in [6.07, 6.45) is 5.18. The third kappa shape index (κ3) is 5.44. The largest absolute Gasteiger partial charge is 0.455 e. The van der Waals surface area contributed by atoms with Gasteiger partial charge in [0.15, 0.2) is 5.76 Å².